The Morgan fingerprint density at radius 3 is 2.49 bits per heavy atom. The fraction of sp³-hybridized carbons (Fsp3) is 0.370. The minimum Gasteiger partial charge on any atom is -0.467 e. The summed E-state index contributed by atoms with van der Waals surface area (Å²) in [6.07, 6.45) is 1.88. The Balaban J connectivity index is 1.59. The number of morpholine rings is 1. The van der Waals surface area contributed by atoms with Crippen LogP contribution in [-0.2, 0) is 32.6 Å². The Kier molecular flexibility index (Phi) is 10.5. The number of hydrogen-bond acceptors (Lipinski definition) is 8. The van der Waals surface area contributed by atoms with E-state index in [1.54, 1.807) is 24.3 Å². The second kappa shape index (κ2) is 14.0. The second-order valence-electron chi connectivity index (χ2n) is 9.47. The molecule has 0 atom stereocenters. The first-order chi connectivity index (χ1) is 19.6. The summed E-state index contributed by atoms with van der Waals surface area (Å²) in [6, 6.07) is 12.2. The summed E-state index contributed by atoms with van der Waals surface area (Å²) in [5.74, 6) is -0.466. The summed E-state index contributed by atoms with van der Waals surface area (Å²) in [7, 11) is -4.34. The number of halogens is 2. The Bertz CT molecular complexity index is 1430. The average Bonchev–Trinajstić information content (AvgIpc) is 3.47. The number of hydrogen-bond donors (Lipinski definition) is 0. The molecular formula is C27H30ClFN4O7S. The molecule has 1 aromatic heterocycles. The summed E-state index contributed by atoms with van der Waals surface area (Å²) in [5, 5.41) is 11.2. The van der Waals surface area contributed by atoms with E-state index in [9.17, 15) is 27.7 Å². The number of rotatable bonds is 13. The predicted octanol–water partition coefficient (Wildman–Crippen LogP) is 3.92. The molecule has 220 valence electrons. The van der Waals surface area contributed by atoms with Crippen LogP contribution in [0.5, 0.6) is 0 Å². The highest BCUT2D eigenvalue weighted by molar-refractivity contribution is 7.89. The first-order valence-corrected chi connectivity index (χ1v) is 14.7. The van der Waals surface area contributed by atoms with Gasteiger partial charge in [0.05, 0.1) is 42.4 Å². The average molecular weight is 609 g/mol. The number of benzene rings is 2. The van der Waals surface area contributed by atoms with Crippen LogP contribution in [0.15, 0.2) is 70.2 Å². The highest BCUT2D eigenvalue weighted by Crippen LogP contribution is 2.29. The van der Waals surface area contributed by atoms with E-state index in [2.05, 4.69) is 4.90 Å². The maximum atomic E-state index is 13.8. The van der Waals surface area contributed by atoms with E-state index in [0.717, 1.165) is 16.4 Å². The van der Waals surface area contributed by atoms with Crippen LogP contribution in [0.1, 0.15) is 17.7 Å². The minimum absolute atomic E-state index is 0.00695. The van der Waals surface area contributed by atoms with Gasteiger partial charge in [-0.25, -0.2) is 12.8 Å². The molecule has 0 radical (unpaired) electrons. The lowest BCUT2D eigenvalue weighted by Gasteiger charge is -2.29. The first kappa shape index (κ1) is 30.6. The van der Waals surface area contributed by atoms with Crippen molar-refractivity contribution in [3.05, 3.63) is 93.1 Å². The molecule has 0 saturated carbocycles. The van der Waals surface area contributed by atoms with Crippen LogP contribution in [0.25, 0.3) is 0 Å². The quantitative estimate of drug-likeness (QED) is 0.211. The van der Waals surface area contributed by atoms with Crippen molar-refractivity contribution in [2.75, 3.05) is 45.9 Å². The number of nitrogens with zero attached hydrogens (tertiary/aromatic N) is 4. The van der Waals surface area contributed by atoms with E-state index < -0.39 is 38.9 Å². The van der Waals surface area contributed by atoms with Gasteiger partial charge >= 0.3 is 0 Å². The molecule has 1 aliphatic heterocycles. The second-order valence-corrected chi connectivity index (χ2v) is 11.8. The van der Waals surface area contributed by atoms with E-state index in [4.69, 9.17) is 20.8 Å². The molecule has 3 aromatic rings. The molecule has 1 fully saturated rings. The molecule has 0 N–H and O–H groups in total. The molecule has 2 heterocycles. The summed E-state index contributed by atoms with van der Waals surface area (Å²) in [5.41, 5.74) is 0.0875. The predicted molar refractivity (Wildman–Crippen MR) is 148 cm³/mol. The summed E-state index contributed by atoms with van der Waals surface area (Å²) in [6.45, 7) is 2.77. The van der Waals surface area contributed by atoms with Gasteiger partial charge in [0.2, 0.25) is 15.9 Å². The van der Waals surface area contributed by atoms with E-state index in [1.807, 2.05) is 0 Å². The van der Waals surface area contributed by atoms with Gasteiger partial charge in [0.1, 0.15) is 16.6 Å². The van der Waals surface area contributed by atoms with Crippen molar-refractivity contribution < 1.29 is 31.7 Å². The number of nitro benzene ring substituents is 1. The Morgan fingerprint density at radius 1 is 1.10 bits per heavy atom. The number of carbonyl (C=O) groups is 1. The maximum Gasteiger partial charge on any atom is 0.289 e. The molecule has 1 aliphatic rings. The Labute approximate surface area is 242 Å². The molecule has 1 amide bonds. The maximum absolute atomic E-state index is 13.8. The normalized spacial score (nSPS) is 14.3. The number of sulfonamides is 1. The molecule has 41 heavy (non-hydrogen) atoms. The highest BCUT2D eigenvalue weighted by atomic mass is 35.5. The van der Waals surface area contributed by atoms with Gasteiger partial charge in [-0.05, 0) is 54.9 Å². The van der Waals surface area contributed by atoms with Crippen molar-refractivity contribution in [1.82, 2.24) is 14.1 Å². The van der Waals surface area contributed by atoms with Gasteiger partial charge in [-0.15, -0.1) is 0 Å². The van der Waals surface area contributed by atoms with E-state index >= 15 is 0 Å². The Morgan fingerprint density at radius 2 is 1.83 bits per heavy atom. The van der Waals surface area contributed by atoms with Crippen molar-refractivity contribution in [1.29, 1.82) is 0 Å². The number of amides is 1. The van der Waals surface area contributed by atoms with E-state index in [1.165, 1.54) is 29.4 Å². The standard InChI is InChI=1S/C27H30ClFN4O7S/c28-25-9-8-24(17-26(25)33(35)36)41(37,38)32(11-2-10-30-12-15-39-16-13-30)20-27(34)31(19-23-3-1-14-40-23)18-21-4-6-22(29)7-5-21/h1,3-9,14,17H,2,10-13,15-16,18-20H2. The lowest BCUT2D eigenvalue weighted by atomic mass is 10.2. The Hall–Kier alpha value is -3.36. The lowest BCUT2D eigenvalue weighted by molar-refractivity contribution is -0.384. The SMILES string of the molecule is O=C(CN(CCCN1CCOCC1)S(=O)(=O)c1ccc(Cl)c([N+](=O)[O-])c1)N(Cc1ccc(F)cc1)Cc1ccco1. The molecule has 1 saturated heterocycles. The summed E-state index contributed by atoms with van der Waals surface area (Å²) in [4.78, 5) is 27.6. The third kappa shape index (κ3) is 8.33. The summed E-state index contributed by atoms with van der Waals surface area (Å²) >= 11 is 5.91. The van der Waals surface area contributed by atoms with Gasteiger partial charge in [-0.2, -0.15) is 4.31 Å². The number of carbonyl (C=O) groups excluding carboxylic acids is 1. The van der Waals surface area contributed by atoms with Crippen molar-refractivity contribution in [3.63, 3.8) is 0 Å². The molecule has 2 aromatic carbocycles. The monoisotopic (exact) mass is 608 g/mol. The first-order valence-electron chi connectivity index (χ1n) is 12.9. The van der Waals surface area contributed by atoms with Gasteiger partial charge < -0.3 is 14.1 Å². The molecule has 0 unspecified atom stereocenters. The zero-order valence-electron chi connectivity index (χ0n) is 22.2. The van der Waals surface area contributed by atoms with Gasteiger partial charge in [0.25, 0.3) is 5.69 Å². The van der Waals surface area contributed by atoms with E-state index in [-0.39, 0.29) is 29.6 Å². The summed E-state index contributed by atoms with van der Waals surface area (Å²) < 4.78 is 52.8. The van der Waals surface area contributed by atoms with E-state index in [0.29, 0.717) is 50.6 Å². The van der Waals surface area contributed by atoms with Crippen LogP contribution in [0.3, 0.4) is 0 Å². The fourth-order valence-corrected chi connectivity index (χ4v) is 6.04. The van der Waals surface area contributed by atoms with Gasteiger partial charge in [-0.3, -0.25) is 19.8 Å². The van der Waals surface area contributed by atoms with Crippen molar-refractivity contribution >= 4 is 33.2 Å². The van der Waals surface area contributed by atoms with Gasteiger partial charge in [0.15, 0.2) is 0 Å². The highest BCUT2D eigenvalue weighted by Gasteiger charge is 2.31. The third-order valence-corrected chi connectivity index (χ3v) is 8.78. The molecule has 0 bridgehead atoms. The lowest BCUT2D eigenvalue weighted by Crippen LogP contribution is -2.44. The molecule has 4 rings (SSSR count). The minimum atomic E-state index is -4.34. The van der Waals surface area contributed by atoms with Crippen LogP contribution in [0, 0.1) is 15.9 Å². The van der Waals surface area contributed by atoms with Crippen LogP contribution in [0.4, 0.5) is 10.1 Å². The topological polar surface area (TPSA) is 126 Å². The fourth-order valence-electron chi connectivity index (χ4n) is 4.41. The van der Waals surface area contributed by atoms with Crippen molar-refractivity contribution in [2.24, 2.45) is 0 Å². The zero-order valence-corrected chi connectivity index (χ0v) is 23.7. The number of furan rings is 1. The van der Waals surface area contributed by atoms with Crippen molar-refractivity contribution in [3.8, 4) is 0 Å². The van der Waals surface area contributed by atoms with Crippen LogP contribution < -0.4 is 0 Å². The number of nitro groups is 1. The molecular weight excluding hydrogens is 579 g/mol. The largest absolute Gasteiger partial charge is 0.467 e. The molecule has 0 spiro atoms. The smallest absolute Gasteiger partial charge is 0.289 e. The third-order valence-electron chi connectivity index (χ3n) is 6.62. The van der Waals surface area contributed by atoms with Crippen LogP contribution in [0.2, 0.25) is 5.02 Å². The van der Waals surface area contributed by atoms with Crippen LogP contribution >= 0.6 is 11.6 Å². The molecule has 0 aliphatic carbocycles. The number of ether oxygens (including phenoxy) is 1. The molecule has 14 heteroatoms. The van der Waals surface area contributed by atoms with Gasteiger partial charge in [-0.1, -0.05) is 23.7 Å². The van der Waals surface area contributed by atoms with Crippen molar-refractivity contribution in [2.45, 2.75) is 24.4 Å². The van der Waals surface area contributed by atoms with Gasteiger partial charge in [0, 0.05) is 32.2 Å². The van der Waals surface area contributed by atoms with Crippen LogP contribution in [-0.4, -0.2) is 79.3 Å². The zero-order chi connectivity index (χ0) is 29.4. The molecule has 11 nitrogen and oxygen atoms in total.